The van der Waals surface area contributed by atoms with Gasteiger partial charge < -0.3 is 0 Å². The van der Waals surface area contributed by atoms with Crippen molar-refractivity contribution < 1.29 is 0 Å². The van der Waals surface area contributed by atoms with Crippen LogP contribution in [0.25, 0.3) is 0 Å². The molecule has 2 fully saturated rings. The van der Waals surface area contributed by atoms with Gasteiger partial charge in [-0.3, -0.25) is 4.90 Å². The molecule has 2 atom stereocenters. The summed E-state index contributed by atoms with van der Waals surface area (Å²) in [6.07, 6.45) is 4.49. The highest BCUT2D eigenvalue weighted by molar-refractivity contribution is 4.92. The molecule has 0 spiro atoms. The van der Waals surface area contributed by atoms with Gasteiger partial charge in [0.15, 0.2) is 0 Å². The lowest BCUT2D eigenvalue weighted by Gasteiger charge is -2.32. The van der Waals surface area contributed by atoms with E-state index in [1.807, 2.05) is 27.7 Å². The maximum atomic E-state index is 2.67. The zero-order valence-corrected chi connectivity index (χ0v) is 12.6. The van der Waals surface area contributed by atoms with Gasteiger partial charge in [-0.2, -0.15) is 0 Å². The second-order valence-electron chi connectivity index (χ2n) is 5.53. The fourth-order valence-electron chi connectivity index (χ4n) is 2.78. The zero-order chi connectivity index (χ0) is 12.8. The summed E-state index contributed by atoms with van der Waals surface area (Å²) in [5, 5.41) is 0. The molecule has 0 aromatic rings. The third kappa shape index (κ3) is 6.22. The third-order valence-corrected chi connectivity index (χ3v) is 3.67. The molecule has 0 aromatic heterocycles. The van der Waals surface area contributed by atoms with E-state index in [1.165, 1.54) is 32.4 Å². The van der Waals surface area contributed by atoms with E-state index in [2.05, 4.69) is 25.7 Å². The maximum Gasteiger partial charge on any atom is 0.0125 e. The van der Waals surface area contributed by atoms with Gasteiger partial charge in [0.1, 0.15) is 0 Å². The molecule has 1 aliphatic carbocycles. The van der Waals surface area contributed by atoms with Crippen LogP contribution in [0.15, 0.2) is 0 Å². The van der Waals surface area contributed by atoms with Crippen molar-refractivity contribution in [1.82, 2.24) is 4.90 Å². The van der Waals surface area contributed by atoms with Crippen molar-refractivity contribution in [3.63, 3.8) is 0 Å². The first kappa shape index (κ1) is 23.1. The number of hydrogen-bond donors (Lipinski definition) is 0. The van der Waals surface area contributed by atoms with Crippen LogP contribution < -0.4 is 0 Å². The molecule has 0 radical (unpaired) electrons. The van der Waals surface area contributed by atoms with Crippen LogP contribution in [0.2, 0.25) is 0 Å². The van der Waals surface area contributed by atoms with Gasteiger partial charge in [-0.1, -0.05) is 49.0 Å². The fraction of sp³-hybridized carbons (Fsp3) is 1.00. The smallest absolute Gasteiger partial charge is 0.0125 e. The summed E-state index contributed by atoms with van der Waals surface area (Å²) in [5.41, 5.74) is 0.407. The largest absolute Gasteiger partial charge is 0.298 e. The van der Waals surface area contributed by atoms with Crippen molar-refractivity contribution in [1.29, 1.82) is 0 Å². The second-order valence-corrected chi connectivity index (χ2v) is 5.53. The Morgan fingerprint density at radius 1 is 0.778 bits per heavy atom. The van der Waals surface area contributed by atoms with Crippen LogP contribution in [0.3, 0.4) is 0 Å². The highest BCUT2D eigenvalue weighted by Gasteiger charge is 2.39. The van der Waals surface area contributed by atoms with Crippen molar-refractivity contribution in [2.24, 2.45) is 11.8 Å². The molecule has 1 heteroatoms. The van der Waals surface area contributed by atoms with E-state index in [9.17, 15) is 0 Å². The molecular weight excluding hydrogens is 218 g/mol. The molecule has 0 amide bonds. The SMILES string of the molecule is C.C.CC.CC.CC(C)(C)N1CC2CCCC2C1. The van der Waals surface area contributed by atoms with Crippen LogP contribution in [0, 0.1) is 11.8 Å². The fourth-order valence-corrected chi connectivity index (χ4v) is 2.78. The van der Waals surface area contributed by atoms with Crippen molar-refractivity contribution in [2.45, 2.75) is 88.1 Å². The lowest BCUT2D eigenvalue weighted by atomic mass is 10.0. The molecule has 1 nitrogen and oxygen atoms in total. The van der Waals surface area contributed by atoms with Crippen LogP contribution >= 0.6 is 0 Å². The monoisotopic (exact) mass is 259 g/mol. The van der Waals surface area contributed by atoms with Gasteiger partial charge >= 0.3 is 0 Å². The second kappa shape index (κ2) is 10.8. The van der Waals surface area contributed by atoms with Crippen molar-refractivity contribution in [2.75, 3.05) is 13.1 Å². The van der Waals surface area contributed by atoms with Crippen molar-refractivity contribution in [3.8, 4) is 0 Å². The molecular formula is C17H41N. The Morgan fingerprint density at radius 3 is 1.39 bits per heavy atom. The lowest BCUT2D eigenvalue weighted by molar-refractivity contribution is 0.161. The lowest BCUT2D eigenvalue weighted by Crippen LogP contribution is -2.39. The number of hydrogen-bond acceptors (Lipinski definition) is 1. The highest BCUT2D eigenvalue weighted by atomic mass is 15.2. The Kier molecular flexibility index (Phi) is 13.9. The quantitative estimate of drug-likeness (QED) is 0.528. The minimum atomic E-state index is 0. The van der Waals surface area contributed by atoms with Crippen molar-refractivity contribution in [3.05, 3.63) is 0 Å². The number of nitrogens with zero attached hydrogens (tertiary/aromatic N) is 1. The molecule has 1 aliphatic heterocycles. The van der Waals surface area contributed by atoms with E-state index in [-0.39, 0.29) is 14.9 Å². The Bertz CT molecular complexity index is 157. The summed E-state index contributed by atoms with van der Waals surface area (Å²) >= 11 is 0. The van der Waals surface area contributed by atoms with Gasteiger partial charge in [-0.05, 0) is 45.4 Å². The third-order valence-electron chi connectivity index (χ3n) is 3.67. The van der Waals surface area contributed by atoms with Crippen LogP contribution in [-0.2, 0) is 0 Å². The van der Waals surface area contributed by atoms with Crippen LogP contribution in [0.5, 0.6) is 0 Å². The standard InChI is InChI=1S/C11H21N.2C2H6.2CH4/c1-11(2,3)12-7-9-5-4-6-10(9)8-12;2*1-2;;/h9-10H,4-8H2,1-3H3;2*1-2H3;2*1H4. The van der Waals surface area contributed by atoms with Gasteiger partial charge in [0, 0.05) is 18.6 Å². The van der Waals surface area contributed by atoms with Gasteiger partial charge in [-0.25, -0.2) is 0 Å². The summed E-state index contributed by atoms with van der Waals surface area (Å²) in [6.45, 7) is 17.8. The van der Waals surface area contributed by atoms with Crippen molar-refractivity contribution >= 4 is 0 Å². The number of rotatable bonds is 0. The normalized spacial score (nSPS) is 25.5. The van der Waals surface area contributed by atoms with E-state index < -0.39 is 0 Å². The van der Waals surface area contributed by atoms with E-state index in [4.69, 9.17) is 0 Å². The minimum absolute atomic E-state index is 0. The molecule has 2 aliphatic rings. The molecule has 18 heavy (non-hydrogen) atoms. The molecule has 1 saturated carbocycles. The predicted molar refractivity (Wildman–Crippen MR) is 88.3 cm³/mol. The number of likely N-dealkylation sites (tertiary alicyclic amines) is 1. The first-order chi connectivity index (χ1) is 7.57. The Morgan fingerprint density at radius 2 is 1.11 bits per heavy atom. The first-order valence-electron chi connectivity index (χ1n) is 7.32. The predicted octanol–water partition coefficient (Wildman–Crippen LogP) is 5.84. The van der Waals surface area contributed by atoms with E-state index in [0.29, 0.717) is 5.54 Å². The molecule has 1 heterocycles. The Labute approximate surface area is 118 Å². The van der Waals surface area contributed by atoms with Crippen LogP contribution in [0.1, 0.15) is 82.6 Å². The van der Waals surface area contributed by atoms with E-state index in [0.717, 1.165) is 11.8 Å². The molecule has 2 unspecified atom stereocenters. The molecule has 1 saturated heterocycles. The molecule has 114 valence electrons. The average molecular weight is 260 g/mol. The zero-order valence-electron chi connectivity index (χ0n) is 12.6. The minimum Gasteiger partial charge on any atom is -0.298 e. The molecule has 0 aromatic carbocycles. The van der Waals surface area contributed by atoms with Gasteiger partial charge in [-0.15, -0.1) is 0 Å². The molecule has 0 bridgehead atoms. The van der Waals surface area contributed by atoms with Gasteiger partial charge in [0.05, 0.1) is 0 Å². The summed E-state index contributed by atoms with van der Waals surface area (Å²) < 4.78 is 0. The maximum absolute atomic E-state index is 2.67. The Balaban J connectivity index is -0.000000344. The van der Waals surface area contributed by atoms with E-state index in [1.54, 1.807) is 0 Å². The van der Waals surface area contributed by atoms with Crippen LogP contribution in [-0.4, -0.2) is 23.5 Å². The molecule has 2 rings (SSSR count). The van der Waals surface area contributed by atoms with Gasteiger partial charge in [0.2, 0.25) is 0 Å². The molecule has 0 N–H and O–H groups in total. The summed E-state index contributed by atoms with van der Waals surface area (Å²) in [4.78, 5) is 2.67. The van der Waals surface area contributed by atoms with Gasteiger partial charge in [0.25, 0.3) is 0 Å². The summed E-state index contributed by atoms with van der Waals surface area (Å²) in [5.74, 6) is 2.09. The summed E-state index contributed by atoms with van der Waals surface area (Å²) in [6, 6.07) is 0. The topological polar surface area (TPSA) is 3.24 Å². The highest BCUT2D eigenvalue weighted by Crippen LogP contribution is 2.39. The first-order valence-corrected chi connectivity index (χ1v) is 7.32. The van der Waals surface area contributed by atoms with Crippen LogP contribution in [0.4, 0.5) is 0 Å². The Hall–Kier alpha value is -0.0400. The average Bonchev–Trinajstić information content (AvgIpc) is 2.82. The van der Waals surface area contributed by atoms with E-state index >= 15 is 0 Å². The summed E-state index contributed by atoms with van der Waals surface area (Å²) in [7, 11) is 0. The number of fused-ring (bicyclic) bond motifs is 1.